The molecule has 0 aliphatic carbocycles. The Bertz CT molecular complexity index is 767. The summed E-state index contributed by atoms with van der Waals surface area (Å²) in [6, 6.07) is 9.14. The minimum Gasteiger partial charge on any atom is -0.323 e. The molecule has 0 unspecified atom stereocenters. The lowest BCUT2D eigenvalue weighted by Crippen LogP contribution is -2.41. The minimum absolute atomic E-state index is 0.000275. The molecule has 1 aliphatic heterocycles. The Balaban J connectivity index is 1.55. The summed E-state index contributed by atoms with van der Waals surface area (Å²) in [5.41, 5.74) is 1.40. The molecule has 1 amide bonds. The number of hydrogen-bond acceptors (Lipinski definition) is 4. The number of sulfonamides is 1. The van der Waals surface area contributed by atoms with E-state index in [9.17, 15) is 13.2 Å². The maximum Gasteiger partial charge on any atom is 0.227 e. The lowest BCUT2D eigenvalue weighted by atomic mass is 9.97. The Labute approximate surface area is 141 Å². The molecule has 1 saturated heterocycles. The molecule has 0 bridgehead atoms. The molecule has 0 spiro atoms. The van der Waals surface area contributed by atoms with E-state index in [1.165, 1.54) is 10.5 Å². The number of amides is 1. The number of aromatic amines is 1. The smallest absolute Gasteiger partial charge is 0.227 e. The predicted molar refractivity (Wildman–Crippen MR) is 90.6 cm³/mol. The molecule has 2 heterocycles. The fourth-order valence-corrected chi connectivity index (χ4v) is 4.40. The fourth-order valence-electron chi connectivity index (χ4n) is 2.84. The van der Waals surface area contributed by atoms with Crippen LogP contribution in [0.2, 0.25) is 0 Å². The highest BCUT2D eigenvalue weighted by Gasteiger charge is 2.31. The number of nitrogens with one attached hydrogen (secondary N) is 2. The Morgan fingerprint density at radius 2 is 1.96 bits per heavy atom. The molecule has 7 nitrogen and oxygen atoms in total. The zero-order valence-electron chi connectivity index (χ0n) is 13.2. The Morgan fingerprint density at radius 1 is 1.25 bits per heavy atom. The standard InChI is InChI=1S/C16H20N4O3S/c21-16(19-15-10-17-18-11-15)14-6-8-20(9-7-14)24(22,23)12-13-4-2-1-3-5-13/h1-5,10-11,14H,6-9,12H2,(H,17,18)(H,19,21). The second-order valence-corrected chi connectivity index (χ2v) is 7.86. The van der Waals surface area contributed by atoms with Gasteiger partial charge in [0.25, 0.3) is 0 Å². The van der Waals surface area contributed by atoms with E-state index in [0.717, 1.165) is 5.56 Å². The average molecular weight is 348 g/mol. The van der Waals surface area contributed by atoms with Crippen molar-refractivity contribution in [3.63, 3.8) is 0 Å². The van der Waals surface area contributed by atoms with Crippen molar-refractivity contribution in [1.29, 1.82) is 0 Å². The first-order valence-electron chi connectivity index (χ1n) is 7.86. The van der Waals surface area contributed by atoms with E-state index in [4.69, 9.17) is 0 Å². The van der Waals surface area contributed by atoms with Gasteiger partial charge < -0.3 is 5.32 Å². The number of rotatable bonds is 5. The summed E-state index contributed by atoms with van der Waals surface area (Å²) in [6.07, 6.45) is 4.20. The van der Waals surface area contributed by atoms with Crippen molar-refractivity contribution in [3.8, 4) is 0 Å². The summed E-state index contributed by atoms with van der Waals surface area (Å²) in [5, 5.41) is 9.20. The molecule has 1 fully saturated rings. The molecule has 3 rings (SSSR count). The lowest BCUT2D eigenvalue weighted by Gasteiger charge is -2.30. The van der Waals surface area contributed by atoms with Crippen molar-refractivity contribution >= 4 is 21.6 Å². The largest absolute Gasteiger partial charge is 0.323 e. The second kappa shape index (κ2) is 7.14. The summed E-state index contributed by atoms with van der Waals surface area (Å²) in [5.74, 6) is -0.265. The van der Waals surface area contributed by atoms with E-state index in [0.29, 0.717) is 31.6 Å². The summed E-state index contributed by atoms with van der Waals surface area (Å²) >= 11 is 0. The van der Waals surface area contributed by atoms with Gasteiger partial charge in [0.2, 0.25) is 15.9 Å². The third kappa shape index (κ3) is 4.01. The number of carbonyl (C=O) groups is 1. The van der Waals surface area contributed by atoms with E-state index >= 15 is 0 Å². The number of carbonyl (C=O) groups excluding carboxylic acids is 1. The van der Waals surface area contributed by atoms with Crippen molar-refractivity contribution in [2.45, 2.75) is 18.6 Å². The van der Waals surface area contributed by atoms with Gasteiger partial charge in [-0.3, -0.25) is 9.89 Å². The zero-order valence-corrected chi connectivity index (χ0v) is 14.0. The van der Waals surface area contributed by atoms with E-state index in [2.05, 4.69) is 15.5 Å². The SMILES string of the molecule is O=C(Nc1cn[nH]c1)C1CCN(S(=O)(=O)Cc2ccccc2)CC1. The number of anilines is 1. The topological polar surface area (TPSA) is 95.2 Å². The van der Waals surface area contributed by atoms with Crippen LogP contribution in [0, 0.1) is 5.92 Å². The number of aromatic nitrogens is 2. The quantitative estimate of drug-likeness (QED) is 0.858. The third-order valence-corrected chi connectivity index (χ3v) is 6.03. The molecule has 8 heteroatoms. The third-order valence-electron chi connectivity index (χ3n) is 4.18. The zero-order chi connectivity index (χ0) is 17.0. The van der Waals surface area contributed by atoms with Crippen LogP contribution in [0.15, 0.2) is 42.7 Å². The summed E-state index contributed by atoms with van der Waals surface area (Å²) in [6.45, 7) is 0.747. The van der Waals surface area contributed by atoms with Crippen molar-refractivity contribution in [1.82, 2.24) is 14.5 Å². The molecular weight excluding hydrogens is 328 g/mol. The van der Waals surface area contributed by atoms with E-state index in [-0.39, 0.29) is 17.6 Å². The van der Waals surface area contributed by atoms with Crippen LogP contribution in [0.1, 0.15) is 18.4 Å². The number of H-pyrrole nitrogens is 1. The van der Waals surface area contributed by atoms with Gasteiger partial charge in [0.1, 0.15) is 0 Å². The molecule has 1 aliphatic rings. The maximum atomic E-state index is 12.5. The minimum atomic E-state index is -3.35. The van der Waals surface area contributed by atoms with Gasteiger partial charge in [0, 0.05) is 25.2 Å². The molecular formula is C16H20N4O3S. The van der Waals surface area contributed by atoms with Gasteiger partial charge in [-0.05, 0) is 18.4 Å². The monoisotopic (exact) mass is 348 g/mol. The maximum absolute atomic E-state index is 12.5. The molecule has 1 aromatic carbocycles. The van der Waals surface area contributed by atoms with Crippen molar-refractivity contribution in [2.75, 3.05) is 18.4 Å². The van der Waals surface area contributed by atoms with Gasteiger partial charge in [-0.15, -0.1) is 0 Å². The van der Waals surface area contributed by atoms with Gasteiger partial charge in [0.05, 0.1) is 17.6 Å². The molecule has 128 valence electrons. The van der Waals surface area contributed by atoms with E-state index in [1.807, 2.05) is 30.3 Å². The van der Waals surface area contributed by atoms with E-state index in [1.54, 1.807) is 6.20 Å². The van der Waals surface area contributed by atoms with Crippen LogP contribution in [0.4, 0.5) is 5.69 Å². The van der Waals surface area contributed by atoms with Gasteiger partial charge in [-0.25, -0.2) is 12.7 Å². The molecule has 2 aromatic rings. The number of hydrogen-bond donors (Lipinski definition) is 2. The van der Waals surface area contributed by atoms with Crippen molar-refractivity contribution in [3.05, 3.63) is 48.3 Å². The first kappa shape index (κ1) is 16.7. The van der Waals surface area contributed by atoms with Crippen LogP contribution < -0.4 is 5.32 Å². The van der Waals surface area contributed by atoms with Crippen LogP contribution in [-0.4, -0.2) is 41.9 Å². The second-order valence-electron chi connectivity index (χ2n) is 5.89. The number of benzene rings is 1. The van der Waals surface area contributed by atoms with Gasteiger partial charge in [0.15, 0.2) is 0 Å². The van der Waals surface area contributed by atoms with Crippen LogP contribution >= 0.6 is 0 Å². The summed E-state index contributed by atoms with van der Waals surface area (Å²) in [7, 11) is -3.35. The van der Waals surface area contributed by atoms with Crippen LogP contribution in [0.5, 0.6) is 0 Å². The lowest BCUT2D eigenvalue weighted by molar-refractivity contribution is -0.120. The normalized spacial score (nSPS) is 16.8. The van der Waals surface area contributed by atoms with Crippen molar-refractivity contribution < 1.29 is 13.2 Å². The van der Waals surface area contributed by atoms with Crippen LogP contribution in [-0.2, 0) is 20.6 Å². The molecule has 0 saturated carbocycles. The molecule has 2 N–H and O–H groups in total. The first-order valence-corrected chi connectivity index (χ1v) is 9.47. The Morgan fingerprint density at radius 3 is 2.58 bits per heavy atom. The molecule has 24 heavy (non-hydrogen) atoms. The van der Waals surface area contributed by atoms with Gasteiger partial charge in [-0.1, -0.05) is 30.3 Å². The molecule has 0 radical (unpaired) electrons. The Hall–Kier alpha value is -2.19. The molecule has 0 atom stereocenters. The highest BCUT2D eigenvalue weighted by molar-refractivity contribution is 7.88. The number of piperidine rings is 1. The van der Waals surface area contributed by atoms with Crippen LogP contribution in [0.25, 0.3) is 0 Å². The summed E-state index contributed by atoms with van der Waals surface area (Å²) < 4.78 is 26.5. The molecule has 1 aromatic heterocycles. The highest BCUT2D eigenvalue weighted by Crippen LogP contribution is 2.23. The Kier molecular flexibility index (Phi) is 4.96. The summed E-state index contributed by atoms with van der Waals surface area (Å²) in [4.78, 5) is 12.2. The highest BCUT2D eigenvalue weighted by atomic mass is 32.2. The first-order chi connectivity index (χ1) is 11.5. The van der Waals surface area contributed by atoms with E-state index < -0.39 is 10.0 Å². The average Bonchev–Trinajstić information content (AvgIpc) is 3.08. The van der Waals surface area contributed by atoms with Gasteiger partial charge in [-0.2, -0.15) is 5.10 Å². The van der Waals surface area contributed by atoms with Gasteiger partial charge >= 0.3 is 0 Å². The van der Waals surface area contributed by atoms with Crippen molar-refractivity contribution in [2.24, 2.45) is 5.92 Å². The number of nitrogens with zero attached hydrogens (tertiary/aromatic N) is 2. The van der Waals surface area contributed by atoms with Crippen LogP contribution in [0.3, 0.4) is 0 Å². The predicted octanol–water partition coefficient (Wildman–Crippen LogP) is 1.59. The fraction of sp³-hybridized carbons (Fsp3) is 0.375.